The van der Waals surface area contributed by atoms with Gasteiger partial charge < -0.3 is 9.15 Å². The molecule has 0 bridgehead atoms. The zero-order chi connectivity index (χ0) is 20.0. The molecule has 1 aromatic carbocycles. The maximum atomic E-state index is 12.4. The van der Waals surface area contributed by atoms with Crippen LogP contribution >= 0.6 is 0 Å². The highest BCUT2D eigenvalue weighted by molar-refractivity contribution is 5.82. The summed E-state index contributed by atoms with van der Waals surface area (Å²) in [7, 11) is 3.15. The molecule has 142 valence electrons. The summed E-state index contributed by atoms with van der Waals surface area (Å²) in [5, 5.41) is 0.786. The van der Waals surface area contributed by atoms with Crippen LogP contribution in [-0.2, 0) is 14.1 Å². The first-order chi connectivity index (χ1) is 13.4. The standard InChI is InChI=1S/C21H19N3O4/c1-12-11-14(28-19-16-8-10-27-17(16)7-9-22-19)5-6-15(12)18-13(2)20(25)24(4)21(26)23(18)3/h5-11H,1-4H3. The maximum Gasteiger partial charge on any atom is 0.330 e. The highest BCUT2D eigenvalue weighted by atomic mass is 16.5. The number of nitrogens with zero attached hydrogens (tertiary/aromatic N) is 3. The van der Waals surface area contributed by atoms with Crippen LogP contribution in [0.1, 0.15) is 11.1 Å². The van der Waals surface area contributed by atoms with E-state index in [2.05, 4.69) is 4.98 Å². The Kier molecular flexibility index (Phi) is 4.15. The third kappa shape index (κ3) is 2.72. The number of furan rings is 1. The third-order valence-electron chi connectivity index (χ3n) is 4.90. The van der Waals surface area contributed by atoms with Crippen molar-refractivity contribution in [3.05, 3.63) is 74.8 Å². The molecule has 4 aromatic rings. The Morgan fingerprint density at radius 2 is 1.82 bits per heavy atom. The first-order valence-electron chi connectivity index (χ1n) is 8.76. The van der Waals surface area contributed by atoms with E-state index >= 15 is 0 Å². The van der Waals surface area contributed by atoms with E-state index in [0.29, 0.717) is 28.5 Å². The largest absolute Gasteiger partial charge is 0.464 e. The zero-order valence-corrected chi connectivity index (χ0v) is 16.0. The fourth-order valence-corrected chi connectivity index (χ4v) is 3.42. The Bertz CT molecular complexity index is 1290. The lowest BCUT2D eigenvalue weighted by atomic mass is 10.0. The molecule has 0 saturated heterocycles. The fourth-order valence-electron chi connectivity index (χ4n) is 3.42. The van der Waals surface area contributed by atoms with E-state index in [0.717, 1.165) is 21.1 Å². The Balaban J connectivity index is 1.79. The van der Waals surface area contributed by atoms with Crippen LogP contribution in [0, 0.1) is 13.8 Å². The molecule has 0 atom stereocenters. The van der Waals surface area contributed by atoms with Gasteiger partial charge in [0.2, 0.25) is 5.88 Å². The molecule has 0 spiro atoms. The molecule has 0 saturated carbocycles. The predicted molar refractivity (Wildman–Crippen MR) is 106 cm³/mol. The lowest BCUT2D eigenvalue weighted by molar-refractivity contribution is 0.468. The Morgan fingerprint density at radius 1 is 1.04 bits per heavy atom. The fraction of sp³-hybridized carbons (Fsp3) is 0.190. The van der Waals surface area contributed by atoms with Crippen LogP contribution in [-0.4, -0.2) is 14.1 Å². The molecular weight excluding hydrogens is 358 g/mol. The summed E-state index contributed by atoms with van der Waals surface area (Å²) in [6.07, 6.45) is 3.22. The third-order valence-corrected chi connectivity index (χ3v) is 4.90. The number of benzene rings is 1. The van der Waals surface area contributed by atoms with Crippen molar-refractivity contribution in [1.82, 2.24) is 14.1 Å². The smallest absolute Gasteiger partial charge is 0.330 e. The minimum absolute atomic E-state index is 0.298. The highest BCUT2D eigenvalue weighted by Crippen LogP contribution is 2.32. The van der Waals surface area contributed by atoms with E-state index in [4.69, 9.17) is 9.15 Å². The van der Waals surface area contributed by atoms with Crippen LogP contribution in [0.4, 0.5) is 0 Å². The number of ether oxygens (including phenoxy) is 1. The zero-order valence-electron chi connectivity index (χ0n) is 16.0. The number of aryl methyl sites for hydroxylation is 1. The SMILES string of the molecule is Cc1cc(Oc2nccc3occc23)ccc1-c1c(C)c(=O)n(C)c(=O)n1C. The average molecular weight is 377 g/mol. The molecule has 0 N–H and O–H groups in total. The lowest BCUT2D eigenvalue weighted by Gasteiger charge is -2.16. The van der Waals surface area contributed by atoms with Gasteiger partial charge in [-0.05, 0) is 49.7 Å². The highest BCUT2D eigenvalue weighted by Gasteiger charge is 2.16. The Morgan fingerprint density at radius 3 is 2.57 bits per heavy atom. The van der Waals surface area contributed by atoms with Gasteiger partial charge in [-0.15, -0.1) is 0 Å². The summed E-state index contributed by atoms with van der Waals surface area (Å²) < 4.78 is 13.9. The van der Waals surface area contributed by atoms with Crippen LogP contribution in [0.15, 0.2) is 56.8 Å². The molecular formula is C21H19N3O4. The quantitative estimate of drug-likeness (QED) is 0.547. The molecule has 0 aliphatic rings. The first-order valence-corrected chi connectivity index (χ1v) is 8.76. The molecule has 0 radical (unpaired) electrons. The molecule has 28 heavy (non-hydrogen) atoms. The second-order valence-corrected chi connectivity index (χ2v) is 6.71. The summed E-state index contributed by atoms with van der Waals surface area (Å²) in [5.41, 5.74) is 2.84. The van der Waals surface area contributed by atoms with Crippen molar-refractivity contribution in [2.24, 2.45) is 14.1 Å². The van der Waals surface area contributed by atoms with Crippen molar-refractivity contribution < 1.29 is 9.15 Å². The van der Waals surface area contributed by atoms with Gasteiger partial charge in [0.15, 0.2) is 0 Å². The molecule has 0 aliphatic heterocycles. The van der Waals surface area contributed by atoms with Gasteiger partial charge in [0.1, 0.15) is 11.3 Å². The van der Waals surface area contributed by atoms with Crippen molar-refractivity contribution in [1.29, 1.82) is 0 Å². The normalized spacial score (nSPS) is 11.1. The number of pyridine rings is 1. The van der Waals surface area contributed by atoms with Crippen LogP contribution in [0.25, 0.3) is 22.2 Å². The van der Waals surface area contributed by atoms with Gasteiger partial charge in [-0.1, -0.05) is 0 Å². The Labute approximate surface area is 160 Å². The number of hydrogen-bond donors (Lipinski definition) is 0. The molecule has 7 heteroatoms. The molecule has 7 nitrogen and oxygen atoms in total. The summed E-state index contributed by atoms with van der Waals surface area (Å²) in [6.45, 7) is 3.64. The van der Waals surface area contributed by atoms with E-state index < -0.39 is 0 Å². The second-order valence-electron chi connectivity index (χ2n) is 6.71. The first kappa shape index (κ1) is 17.8. The van der Waals surface area contributed by atoms with Gasteiger partial charge in [0.25, 0.3) is 5.56 Å². The van der Waals surface area contributed by atoms with E-state index in [1.807, 2.05) is 19.1 Å². The van der Waals surface area contributed by atoms with Crippen LogP contribution in [0.2, 0.25) is 0 Å². The number of hydrogen-bond acceptors (Lipinski definition) is 5. The number of fused-ring (bicyclic) bond motifs is 1. The van der Waals surface area contributed by atoms with Gasteiger partial charge in [0, 0.05) is 31.4 Å². The lowest BCUT2D eigenvalue weighted by Crippen LogP contribution is -2.39. The van der Waals surface area contributed by atoms with Gasteiger partial charge in [0.05, 0.1) is 17.3 Å². The van der Waals surface area contributed by atoms with E-state index in [1.54, 1.807) is 44.6 Å². The van der Waals surface area contributed by atoms with Gasteiger partial charge in [-0.3, -0.25) is 13.9 Å². The molecule has 0 aliphatic carbocycles. The van der Waals surface area contributed by atoms with E-state index in [9.17, 15) is 9.59 Å². The van der Waals surface area contributed by atoms with Crippen molar-refractivity contribution in [2.75, 3.05) is 0 Å². The van der Waals surface area contributed by atoms with Gasteiger partial charge >= 0.3 is 5.69 Å². The Hall–Kier alpha value is -3.61. The summed E-state index contributed by atoms with van der Waals surface area (Å²) >= 11 is 0. The average Bonchev–Trinajstić information content (AvgIpc) is 3.16. The molecule has 4 rings (SSSR count). The van der Waals surface area contributed by atoms with Gasteiger partial charge in [-0.2, -0.15) is 0 Å². The van der Waals surface area contributed by atoms with E-state index in [-0.39, 0.29) is 11.2 Å². The summed E-state index contributed by atoms with van der Waals surface area (Å²) in [5.74, 6) is 1.06. The number of aromatic nitrogens is 3. The van der Waals surface area contributed by atoms with Crippen molar-refractivity contribution >= 4 is 11.0 Å². The second kappa shape index (κ2) is 6.53. The summed E-state index contributed by atoms with van der Waals surface area (Å²) in [4.78, 5) is 29.0. The molecule has 3 heterocycles. The minimum Gasteiger partial charge on any atom is -0.464 e. The van der Waals surface area contributed by atoms with Crippen molar-refractivity contribution in [3.63, 3.8) is 0 Å². The van der Waals surface area contributed by atoms with Crippen molar-refractivity contribution in [2.45, 2.75) is 13.8 Å². The molecule has 0 amide bonds. The maximum absolute atomic E-state index is 12.4. The monoisotopic (exact) mass is 377 g/mol. The minimum atomic E-state index is -0.360. The van der Waals surface area contributed by atoms with Crippen molar-refractivity contribution in [3.8, 4) is 22.9 Å². The van der Waals surface area contributed by atoms with E-state index in [1.165, 1.54) is 11.6 Å². The predicted octanol–water partition coefficient (Wildman–Crippen LogP) is 3.30. The van der Waals surface area contributed by atoms with Gasteiger partial charge in [-0.25, -0.2) is 9.78 Å². The molecule has 0 fully saturated rings. The molecule has 0 unspecified atom stereocenters. The number of rotatable bonds is 3. The molecule has 3 aromatic heterocycles. The summed E-state index contributed by atoms with van der Waals surface area (Å²) in [6, 6.07) is 9.08. The van der Waals surface area contributed by atoms with Crippen LogP contribution in [0.3, 0.4) is 0 Å². The van der Waals surface area contributed by atoms with Crippen LogP contribution in [0.5, 0.6) is 11.6 Å². The topological polar surface area (TPSA) is 79.3 Å². The van der Waals surface area contributed by atoms with Crippen LogP contribution < -0.4 is 16.0 Å².